The zero-order valence-corrected chi connectivity index (χ0v) is 8.07. The van der Waals surface area contributed by atoms with Crippen LogP contribution in [0.5, 0.6) is 0 Å². The average Bonchev–Trinajstić information content (AvgIpc) is 1.80. The number of nitrogens with one attached hydrogen (secondary N) is 1. The predicted octanol–water partition coefficient (Wildman–Crippen LogP) is 1.66. The summed E-state index contributed by atoms with van der Waals surface area (Å²) < 4.78 is 53.0. The zero-order chi connectivity index (χ0) is 11.8. The number of hydrogen-bond donors (Lipinski definition) is 1. The maximum absolute atomic E-state index is 12.4. The van der Waals surface area contributed by atoms with Crippen LogP contribution in [-0.4, -0.2) is 39.2 Å². The van der Waals surface area contributed by atoms with E-state index in [-0.39, 0.29) is 5.83 Å². The molecule has 0 aliphatic carbocycles. The summed E-state index contributed by atoms with van der Waals surface area (Å²) in [6.45, 7) is 0. The van der Waals surface area contributed by atoms with Crippen molar-refractivity contribution in [1.82, 2.24) is 5.32 Å². The van der Waals surface area contributed by atoms with Crippen LogP contribution in [0.3, 0.4) is 0 Å². The monoisotopic (exact) mass is 218 g/mol. The molecule has 0 amide bonds. The van der Waals surface area contributed by atoms with Gasteiger partial charge in [0.15, 0.2) is 0 Å². The third kappa shape index (κ3) is 30.7. The SMILES string of the molecule is CN/C=C(\F)C=[N+](C)C.F[B-](F)(F)F. The van der Waals surface area contributed by atoms with Gasteiger partial charge in [-0.3, -0.25) is 0 Å². The van der Waals surface area contributed by atoms with E-state index in [1.165, 1.54) is 12.4 Å². The first-order valence-electron chi connectivity index (χ1n) is 3.58. The molecular formula is C6H12BF5N2. The highest BCUT2D eigenvalue weighted by Crippen LogP contribution is 2.06. The van der Waals surface area contributed by atoms with E-state index in [2.05, 4.69) is 5.32 Å². The van der Waals surface area contributed by atoms with E-state index in [1.54, 1.807) is 25.7 Å². The fourth-order valence-corrected chi connectivity index (χ4v) is 0.422. The normalized spacial score (nSPS) is 11.3. The fraction of sp³-hybridized carbons (Fsp3) is 0.500. The van der Waals surface area contributed by atoms with Crippen LogP contribution < -0.4 is 5.32 Å². The minimum Gasteiger partial charge on any atom is -0.418 e. The van der Waals surface area contributed by atoms with E-state index in [4.69, 9.17) is 0 Å². The summed E-state index contributed by atoms with van der Waals surface area (Å²) >= 11 is 0. The molecule has 0 aromatic rings. The molecular weight excluding hydrogens is 206 g/mol. The number of halogens is 5. The lowest BCUT2D eigenvalue weighted by Gasteiger charge is -1.94. The molecule has 0 saturated heterocycles. The molecule has 0 spiro atoms. The summed E-state index contributed by atoms with van der Waals surface area (Å²) in [7, 11) is -0.810. The van der Waals surface area contributed by atoms with Crippen molar-refractivity contribution in [3.63, 3.8) is 0 Å². The van der Waals surface area contributed by atoms with Crippen LogP contribution in [0.4, 0.5) is 21.7 Å². The first-order chi connectivity index (χ1) is 6.16. The van der Waals surface area contributed by atoms with Crippen molar-refractivity contribution in [1.29, 1.82) is 0 Å². The smallest absolute Gasteiger partial charge is 0.418 e. The highest BCUT2D eigenvalue weighted by atomic mass is 19.5. The van der Waals surface area contributed by atoms with Gasteiger partial charge in [0.1, 0.15) is 14.1 Å². The van der Waals surface area contributed by atoms with Crippen molar-refractivity contribution in [2.45, 2.75) is 0 Å². The second kappa shape index (κ2) is 7.34. The minimum absolute atomic E-state index is 0.275. The van der Waals surface area contributed by atoms with Crippen molar-refractivity contribution in [3.8, 4) is 0 Å². The molecule has 1 N–H and O–H groups in total. The summed E-state index contributed by atoms with van der Waals surface area (Å²) in [6.07, 6.45) is 2.68. The van der Waals surface area contributed by atoms with Gasteiger partial charge in [0.25, 0.3) is 0 Å². The molecule has 0 unspecified atom stereocenters. The van der Waals surface area contributed by atoms with E-state index in [0.717, 1.165) is 0 Å². The van der Waals surface area contributed by atoms with Gasteiger partial charge in [0.2, 0.25) is 12.0 Å². The summed E-state index contributed by atoms with van der Waals surface area (Å²) in [5, 5.41) is 2.58. The topological polar surface area (TPSA) is 15.0 Å². The molecule has 0 heterocycles. The largest absolute Gasteiger partial charge is 0.673 e. The van der Waals surface area contributed by atoms with Crippen LogP contribution in [0.25, 0.3) is 0 Å². The number of allylic oxidation sites excluding steroid dienone is 1. The molecule has 0 aliphatic rings. The van der Waals surface area contributed by atoms with Crippen molar-refractivity contribution in [2.24, 2.45) is 0 Å². The molecule has 0 rings (SSSR count). The molecule has 0 saturated carbocycles. The molecule has 0 bridgehead atoms. The average molecular weight is 218 g/mol. The summed E-state index contributed by atoms with van der Waals surface area (Å²) in [5.74, 6) is -0.275. The Labute approximate surface area is 79.2 Å². The van der Waals surface area contributed by atoms with E-state index in [1.807, 2.05) is 0 Å². The minimum atomic E-state index is -6.00. The standard InChI is InChI=1S/C6H11FN2.BF4/c1-8-4-6(7)5-9(2)3;2-1(3,4)5/h4-5H,1-3H3;/q;-1/p+1. The highest BCUT2D eigenvalue weighted by molar-refractivity contribution is 6.50. The van der Waals surface area contributed by atoms with Crippen LogP contribution in [0.2, 0.25) is 0 Å². The molecule has 0 atom stereocenters. The Morgan fingerprint density at radius 2 is 1.57 bits per heavy atom. The molecule has 0 radical (unpaired) electrons. The van der Waals surface area contributed by atoms with Gasteiger partial charge in [-0.05, 0) is 0 Å². The molecule has 0 aliphatic heterocycles. The van der Waals surface area contributed by atoms with Gasteiger partial charge in [-0.25, -0.2) is 4.58 Å². The maximum Gasteiger partial charge on any atom is 0.673 e. The number of rotatable bonds is 2. The predicted molar refractivity (Wildman–Crippen MR) is 46.6 cm³/mol. The molecule has 8 heteroatoms. The number of nitrogens with zero attached hydrogens (tertiary/aromatic N) is 1. The van der Waals surface area contributed by atoms with E-state index in [9.17, 15) is 21.7 Å². The quantitative estimate of drug-likeness (QED) is 0.322. The Balaban J connectivity index is 0. The Kier molecular flexibility index (Phi) is 8.07. The molecule has 0 aromatic heterocycles. The Hall–Kier alpha value is -1.08. The fourth-order valence-electron chi connectivity index (χ4n) is 0.422. The molecule has 2 nitrogen and oxygen atoms in total. The maximum atomic E-state index is 12.4. The molecule has 14 heavy (non-hydrogen) atoms. The van der Waals surface area contributed by atoms with Gasteiger partial charge in [0.05, 0.1) is 0 Å². The first-order valence-corrected chi connectivity index (χ1v) is 3.58. The van der Waals surface area contributed by atoms with E-state index in [0.29, 0.717) is 0 Å². The van der Waals surface area contributed by atoms with Crippen molar-refractivity contribution >= 4 is 13.5 Å². The lowest BCUT2D eigenvalue weighted by atomic mass is 10.3. The van der Waals surface area contributed by atoms with E-state index >= 15 is 0 Å². The van der Waals surface area contributed by atoms with Gasteiger partial charge in [0, 0.05) is 13.2 Å². The van der Waals surface area contributed by atoms with Crippen LogP contribution in [-0.2, 0) is 0 Å². The summed E-state index contributed by atoms with van der Waals surface area (Å²) in [4.78, 5) is 0. The van der Waals surface area contributed by atoms with Crippen molar-refractivity contribution in [2.75, 3.05) is 21.1 Å². The van der Waals surface area contributed by atoms with Crippen molar-refractivity contribution in [3.05, 3.63) is 12.0 Å². The summed E-state index contributed by atoms with van der Waals surface area (Å²) in [5.41, 5.74) is 0. The van der Waals surface area contributed by atoms with Gasteiger partial charge in [-0.1, -0.05) is 0 Å². The lowest BCUT2D eigenvalue weighted by molar-refractivity contribution is -0.459. The Bertz CT molecular complexity index is 201. The molecule has 84 valence electrons. The second-order valence-corrected chi connectivity index (χ2v) is 2.41. The first kappa shape index (κ1) is 15.4. The van der Waals surface area contributed by atoms with Crippen molar-refractivity contribution < 1.29 is 26.2 Å². The van der Waals surface area contributed by atoms with Crippen LogP contribution in [0.1, 0.15) is 0 Å². The molecule has 0 aromatic carbocycles. The lowest BCUT2D eigenvalue weighted by Crippen LogP contribution is -2.02. The summed E-state index contributed by atoms with van der Waals surface area (Å²) in [6, 6.07) is 0. The Morgan fingerprint density at radius 3 is 1.79 bits per heavy atom. The Morgan fingerprint density at radius 1 is 1.21 bits per heavy atom. The third-order valence-corrected chi connectivity index (χ3v) is 0.664. The van der Waals surface area contributed by atoms with Gasteiger partial charge in [-0.2, -0.15) is 4.39 Å². The highest BCUT2D eigenvalue weighted by Gasteiger charge is 2.20. The second-order valence-electron chi connectivity index (χ2n) is 2.41. The van der Waals surface area contributed by atoms with E-state index < -0.39 is 7.25 Å². The van der Waals surface area contributed by atoms with Gasteiger partial charge >= 0.3 is 7.25 Å². The zero-order valence-electron chi connectivity index (χ0n) is 8.07. The van der Waals surface area contributed by atoms with Gasteiger partial charge in [-0.15, -0.1) is 0 Å². The van der Waals surface area contributed by atoms with Gasteiger partial charge < -0.3 is 22.6 Å². The van der Waals surface area contributed by atoms with Crippen LogP contribution in [0.15, 0.2) is 12.0 Å². The molecule has 0 fully saturated rings. The number of hydrogen-bond acceptors (Lipinski definition) is 1. The third-order valence-electron chi connectivity index (χ3n) is 0.664. The van der Waals surface area contributed by atoms with Crippen LogP contribution in [0, 0.1) is 0 Å². The van der Waals surface area contributed by atoms with Crippen LogP contribution >= 0.6 is 0 Å².